The van der Waals surface area contributed by atoms with Crippen LogP contribution in [0.1, 0.15) is 10.6 Å². The first-order valence-electron chi connectivity index (χ1n) is 6.60. The van der Waals surface area contributed by atoms with Gasteiger partial charge < -0.3 is 10.1 Å². The number of aryl methyl sites for hydroxylation is 1. The van der Waals surface area contributed by atoms with Crippen LogP contribution in [-0.4, -0.2) is 37.0 Å². The molecule has 0 atom stereocenters. The topological polar surface area (TPSA) is 47.0 Å². The minimum absolute atomic E-state index is 0.0916. The van der Waals surface area contributed by atoms with Crippen LogP contribution in [-0.2, 0) is 11.2 Å². The lowest BCUT2D eigenvalue weighted by atomic mass is 10.1. The third-order valence-corrected chi connectivity index (χ3v) is 3.96. The summed E-state index contributed by atoms with van der Waals surface area (Å²) in [6.45, 7) is 3.71. The zero-order chi connectivity index (χ0) is 15.2. The first-order valence-corrected chi connectivity index (χ1v) is 7.42. The molecular weight excluding hydrogens is 296 g/mol. The lowest BCUT2D eigenvalue weighted by Crippen LogP contribution is -2.21. The minimum Gasteiger partial charge on any atom is -0.383 e. The highest BCUT2D eigenvalue weighted by Gasteiger charge is 2.17. The maximum absolute atomic E-state index is 14.0. The fourth-order valence-electron chi connectivity index (χ4n) is 1.80. The van der Waals surface area contributed by atoms with Crippen LogP contribution in [0.15, 0.2) is 12.1 Å². The molecule has 0 saturated carbocycles. The van der Waals surface area contributed by atoms with Crippen LogP contribution in [0.2, 0.25) is 0 Å². The van der Waals surface area contributed by atoms with Crippen LogP contribution in [0.25, 0.3) is 10.6 Å². The Morgan fingerprint density at radius 2 is 2.05 bits per heavy atom. The van der Waals surface area contributed by atoms with Gasteiger partial charge in [0.1, 0.15) is 16.6 Å². The number of nitrogens with one attached hydrogen (secondary N) is 1. The molecule has 7 heteroatoms. The van der Waals surface area contributed by atoms with Gasteiger partial charge in [-0.15, -0.1) is 10.2 Å². The average molecular weight is 313 g/mol. The van der Waals surface area contributed by atoms with Gasteiger partial charge in [0, 0.05) is 26.6 Å². The number of methoxy groups -OCH3 is 1. The summed E-state index contributed by atoms with van der Waals surface area (Å²) in [7, 11) is 1.64. The Morgan fingerprint density at radius 3 is 2.81 bits per heavy atom. The Kier molecular flexibility index (Phi) is 5.72. The number of aromatic nitrogens is 2. The van der Waals surface area contributed by atoms with Crippen molar-refractivity contribution in [3.8, 4) is 10.6 Å². The summed E-state index contributed by atoms with van der Waals surface area (Å²) in [6.07, 6.45) is 0.663. The Hall–Kier alpha value is -1.44. The van der Waals surface area contributed by atoms with E-state index in [-0.39, 0.29) is 10.6 Å². The summed E-state index contributed by atoms with van der Waals surface area (Å²) in [6, 6.07) is 2.66. The van der Waals surface area contributed by atoms with E-state index in [1.54, 1.807) is 14.0 Å². The Bertz CT molecular complexity index is 604. The summed E-state index contributed by atoms with van der Waals surface area (Å²) in [5.41, 5.74) is 0.301. The number of nitrogens with zero attached hydrogens (tertiary/aromatic N) is 2. The van der Waals surface area contributed by atoms with Crippen LogP contribution in [0, 0.1) is 18.6 Å². The molecule has 21 heavy (non-hydrogen) atoms. The standard InChI is InChI=1S/C14H17F2N3OS/c1-9-3-4-10(15)12(13(9)16)14-19-18-11(21-14)5-6-17-7-8-20-2/h3-4,17H,5-8H2,1-2H3. The van der Waals surface area contributed by atoms with Gasteiger partial charge in [0.05, 0.1) is 12.2 Å². The maximum Gasteiger partial charge on any atom is 0.153 e. The molecule has 0 aliphatic rings. The lowest BCUT2D eigenvalue weighted by Gasteiger charge is -2.03. The number of hydrogen-bond donors (Lipinski definition) is 1. The van der Waals surface area contributed by atoms with Crippen molar-refractivity contribution >= 4 is 11.3 Å². The first-order chi connectivity index (χ1) is 10.1. The number of ether oxygens (including phenoxy) is 1. The van der Waals surface area contributed by atoms with Gasteiger partial charge in [0.25, 0.3) is 0 Å². The van der Waals surface area contributed by atoms with E-state index in [0.717, 1.165) is 18.1 Å². The first kappa shape index (κ1) is 15.9. The third kappa shape index (κ3) is 4.03. The van der Waals surface area contributed by atoms with Crippen molar-refractivity contribution in [2.75, 3.05) is 26.8 Å². The van der Waals surface area contributed by atoms with Crippen LogP contribution in [0.3, 0.4) is 0 Å². The van der Waals surface area contributed by atoms with Gasteiger partial charge in [-0.25, -0.2) is 8.78 Å². The molecule has 0 bridgehead atoms. The predicted octanol–water partition coefficient (Wildman–Crippen LogP) is 2.57. The predicted molar refractivity (Wildman–Crippen MR) is 78.4 cm³/mol. The van der Waals surface area contributed by atoms with Crippen molar-refractivity contribution in [2.24, 2.45) is 0 Å². The van der Waals surface area contributed by atoms with Gasteiger partial charge in [-0.2, -0.15) is 0 Å². The quantitative estimate of drug-likeness (QED) is 0.798. The van der Waals surface area contributed by atoms with Crippen LogP contribution in [0.4, 0.5) is 8.78 Å². The summed E-state index contributed by atoms with van der Waals surface area (Å²) in [5.74, 6) is -1.19. The molecule has 0 fully saturated rings. The van der Waals surface area contributed by atoms with Crippen molar-refractivity contribution < 1.29 is 13.5 Å². The minimum atomic E-state index is -0.612. The molecule has 2 rings (SSSR count). The van der Waals surface area contributed by atoms with Crippen molar-refractivity contribution in [1.82, 2.24) is 15.5 Å². The zero-order valence-electron chi connectivity index (χ0n) is 11.9. The molecule has 1 heterocycles. The molecule has 114 valence electrons. The molecule has 1 aromatic heterocycles. The molecule has 1 aromatic carbocycles. The van der Waals surface area contributed by atoms with E-state index in [4.69, 9.17) is 4.74 Å². The monoisotopic (exact) mass is 313 g/mol. The van der Waals surface area contributed by atoms with E-state index in [2.05, 4.69) is 15.5 Å². The van der Waals surface area contributed by atoms with E-state index in [1.165, 1.54) is 23.5 Å². The average Bonchev–Trinajstić information content (AvgIpc) is 2.92. The molecule has 0 aliphatic carbocycles. The van der Waals surface area contributed by atoms with Crippen molar-refractivity contribution in [2.45, 2.75) is 13.3 Å². The lowest BCUT2D eigenvalue weighted by molar-refractivity contribution is 0.199. The van der Waals surface area contributed by atoms with Gasteiger partial charge in [0.15, 0.2) is 5.01 Å². The van der Waals surface area contributed by atoms with E-state index in [1.807, 2.05) is 0 Å². The fraction of sp³-hybridized carbons (Fsp3) is 0.429. The summed E-state index contributed by atoms with van der Waals surface area (Å²) < 4.78 is 32.7. The van der Waals surface area contributed by atoms with Gasteiger partial charge in [0.2, 0.25) is 0 Å². The van der Waals surface area contributed by atoms with Crippen molar-refractivity contribution in [3.63, 3.8) is 0 Å². The smallest absolute Gasteiger partial charge is 0.153 e. The summed E-state index contributed by atoms with van der Waals surface area (Å²) >= 11 is 1.21. The highest BCUT2D eigenvalue weighted by atomic mass is 32.1. The molecule has 4 nitrogen and oxygen atoms in total. The third-order valence-electron chi connectivity index (χ3n) is 2.96. The number of hydrogen-bond acceptors (Lipinski definition) is 5. The Labute approximate surface area is 126 Å². The molecule has 0 spiro atoms. The number of benzene rings is 1. The molecule has 0 radical (unpaired) electrons. The largest absolute Gasteiger partial charge is 0.383 e. The van der Waals surface area contributed by atoms with Crippen LogP contribution in [0.5, 0.6) is 0 Å². The molecule has 2 aromatic rings. The maximum atomic E-state index is 14.0. The highest BCUT2D eigenvalue weighted by Crippen LogP contribution is 2.30. The van der Waals surface area contributed by atoms with Crippen molar-refractivity contribution in [3.05, 3.63) is 34.3 Å². The normalized spacial score (nSPS) is 11.0. The Balaban J connectivity index is 2.05. The van der Waals surface area contributed by atoms with E-state index >= 15 is 0 Å². The molecule has 0 amide bonds. The Morgan fingerprint density at radius 1 is 1.24 bits per heavy atom. The van der Waals surface area contributed by atoms with Gasteiger partial charge in [-0.3, -0.25) is 0 Å². The molecule has 0 saturated heterocycles. The fourth-order valence-corrected chi connectivity index (χ4v) is 2.68. The van der Waals surface area contributed by atoms with E-state index < -0.39 is 11.6 Å². The second-order valence-electron chi connectivity index (χ2n) is 4.55. The molecule has 0 unspecified atom stereocenters. The molecule has 0 aliphatic heterocycles. The number of halogens is 2. The van der Waals surface area contributed by atoms with E-state index in [9.17, 15) is 8.78 Å². The second kappa shape index (κ2) is 7.53. The SMILES string of the molecule is COCCNCCc1nnc(-c2c(F)ccc(C)c2F)s1. The second-order valence-corrected chi connectivity index (χ2v) is 5.61. The molecular formula is C14H17F2N3OS. The van der Waals surface area contributed by atoms with Crippen LogP contribution >= 0.6 is 11.3 Å². The highest BCUT2D eigenvalue weighted by molar-refractivity contribution is 7.14. The zero-order valence-corrected chi connectivity index (χ0v) is 12.8. The summed E-state index contributed by atoms with van der Waals surface area (Å²) in [4.78, 5) is 0. The van der Waals surface area contributed by atoms with Gasteiger partial charge in [-0.1, -0.05) is 17.4 Å². The van der Waals surface area contributed by atoms with Gasteiger partial charge in [-0.05, 0) is 18.6 Å². The summed E-state index contributed by atoms with van der Waals surface area (Å²) in [5, 5.41) is 12.1. The van der Waals surface area contributed by atoms with Gasteiger partial charge >= 0.3 is 0 Å². The van der Waals surface area contributed by atoms with Crippen LogP contribution < -0.4 is 5.32 Å². The molecule has 1 N–H and O–H groups in total. The van der Waals surface area contributed by atoms with Crippen molar-refractivity contribution in [1.29, 1.82) is 0 Å². The number of rotatable bonds is 7. The van der Waals surface area contributed by atoms with E-state index in [0.29, 0.717) is 18.6 Å².